The molecule has 20 heavy (non-hydrogen) atoms. The van der Waals surface area contributed by atoms with E-state index >= 15 is 0 Å². The van der Waals surface area contributed by atoms with Crippen molar-refractivity contribution in [3.05, 3.63) is 65.7 Å². The van der Waals surface area contributed by atoms with Crippen LogP contribution in [0.1, 0.15) is 11.1 Å². The molecule has 2 rings (SSSR count). The van der Waals surface area contributed by atoms with E-state index in [1.807, 2.05) is 42.5 Å². The smallest absolute Gasteiger partial charge is 0.119 e. The molecular formula is C17H21NO2. The van der Waals surface area contributed by atoms with E-state index in [2.05, 4.69) is 24.1 Å². The molecule has 1 N–H and O–H groups in total. The fourth-order valence-electron chi connectivity index (χ4n) is 1.98. The van der Waals surface area contributed by atoms with E-state index in [1.54, 1.807) is 0 Å². The van der Waals surface area contributed by atoms with Gasteiger partial charge in [-0.1, -0.05) is 42.5 Å². The van der Waals surface area contributed by atoms with Crippen LogP contribution in [0.3, 0.4) is 0 Å². The molecule has 0 bridgehead atoms. The van der Waals surface area contributed by atoms with Gasteiger partial charge >= 0.3 is 0 Å². The number of benzene rings is 2. The third-order valence-electron chi connectivity index (χ3n) is 3.14. The third kappa shape index (κ3) is 4.68. The lowest BCUT2D eigenvalue weighted by molar-refractivity contribution is 0.233. The lowest BCUT2D eigenvalue weighted by atomic mass is 10.1. The number of hydrogen-bond acceptors (Lipinski definition) is 3. The second-order valence-electron chi connectivity index (χ2n) is 4.87. The number of rotatable bonds is 7. The maximum absolute atomic E-state index is 9.01. The van der Waals surface area contributed by atoms with Crippen molar-refractivity contribution in [2.75, 3.05) is 20.2 Å². The van der Waals surface area contributed by atoms with Gasteiger partial charge in [0.05, 0.1) is 6.61 Å². The van der Waals surface area contributed by atoms with Gasteiger partial charge in [-0.25, -0.2) is 0 Å². The Morgan fingerprint density at radius 1 is 0.950 bits per heavy atom. The first-order valence-corrected chi connectivity index (χ1v) is 6.83. The van der Waals surface area contributed by atoms with Crippen LogP contribution in [0.5, 0.6) is 5.75 Å². The maximum Gasteiger partial charge on any atom is 0.119 e. The molecule has 0 radical (unpaired) electrons. The monoisotopic (exact) mass is 271 g/mol. The summed E-state index contributed by atoms with van der Waals surface area (Å²) in [4.78, 5) is 2.22. The van der Waals surface area contributed by atoms with E-state index in [1.165, 1.54) is 5.56 Å². The standard InChI is InChI=1S/C17H21NO2/c1-18(11-12-20-17-5-3-2-4-6-17)13-15-7-9-16(14-19)10-8-15/h2-10,19H,11-14H2,1H3. The van der Waals surface area contributed by atoms with Crippen molar-refractivity contribution in [1.29, 1.82) is 0 Å². The Hall–Kier alpha value is -1.84. The van der Waals surface area contributed by atoms with Gasteiger partial charge in [0.1, 0.15) is 12.4 Å². The average Bonchev–Trinajstić information content (AvgIpc) is 2.49. The Bertz CT molecular complexity index is 496. The summed E-state index contributed by atoms with van der Waals surface area (Å²) in [6.45, 7) is 2.52. The van der Waals surface area contributed by atoms with Crippen LogP contribution < -0.4 is 4.74 Å². The highest BCUT2D eigenvalue weighted by molar-refractivity contribution is 5.22. The molecule has 2 aromatic rings. The van der Waals surface area contributed by atoms with E-state index in [0.717, 1.165) is 24.4 Å². The predicted molar refractivity (Wildman–Crippen MR) is 80.6 cm³/mol. The van der Waals surface area contributed by atoms with E-state index in [-0.39, 0.29) is 6.61 Å². The van der Waals surface area contributed by atoms with E-state index < -0.39 is 0 Å². The van der Waals surface area contributed by atoms with Crippen LogP contribution in [-0.2, 0) is 13.2 Å². The molecule has 0 aliphatic rings. The number of aliphatic hydroxyl groups is 1. The van der Waals surface area contributed by atoms with E-state index in [9.17, 15) is 0 Å². The van der Waals surface area contributed by atoms with Gasteiger partial charge in [0.15, 0.2) is 0 Å². The second-order valence-corrected chi connectivity index (χ2v) is 4.87. The molecule has 0 aliphatic carbocycles. The molecule has 0 spiro atoms. The summed E-state index contributed by atoms with van der Waals surface area (Å²) in [5.74, 6) is 0.910. The van der Waals surface area contributed by atoms with Gasteiger partial charge in [-0.2, -0.15) is 0 Å². The van der Waals surface area contributed by atoms with Gasteiger partial charge in [-0.05, 0) is 30.3 Å². The minimum atomic E-state index is 0.0982. The summed E-state index contributed by atoms with van der Waals surface area (Å²) >= 11 is 0. The van der Waals surface area contributed by atoms with Crippen molar-refractivity contribution in [3.8, 4) is 5.75 Å². The number of likely N-dealkylation sites (N-methyl/N-ethyl adjacent to an activating group) is 1. The van der Waals surface area contributed by atoms with Crippen LogP contribution in [0, 0.1) is 0 Å². The fraction of sp³-hybridized carbons (Fsp3) is 0.294. The first-order chi connectivity index (χ1) is 9.78. The number of hydrogen-bond donors (Lipinski definition) is 1. The first-order valence-electron chi connectivity index (χ1n) is 6.83. The zero-order chi connectivity index (χ0) is 14.2. The first kappa shape index (κ1) is 14.6. The zero-order valence-corrected chi connectivity index (χ0v) is 11.8. The van der Waals surface area contributed by atoms with Crippen LogP contribution in [-0.4, -0.2) is 30.2 Å². The van der Waals surface area contributed by atoms with Crippen molar-refractivity contribution < 1.29 is 9.84 Å². The molecule has 0 unspecified atom stereocenters. The number of ether oxygens (including phenoxy) is 1. The minimum absolute atomic E-state index is 0.0982. The molecule has 3 nitrogen and oxygen atoms in total. The highest BCUT2D eigenvalue weighted by Crippen LogP contribution is 2.09. The number of aliphatic hydroxyl groups excluding tert-OH is 1. The molecule has 0 amide bonds. The molecule has 2 aromatic carbocycles. The van der Waals surface area contributed by atoms with Crippen molar-refractivity contribution in [3.63, 3.8) is 0 Å². The van der Waals surface area contributed by atoms with Crippen molar-refractivity contribution in [2.24, 2.45) is 0 Å². The molecular weight excluding hydrogens is 250 g/mol. The second kappa shape index (κ2) is 7.68. The van der Waals surface area contributed by atoms with Crippen molar-refractivity contribution >= 4 is 0 Å². The van der Waals surface area contributed by atoms with Crippen LogP contribution in [0.4, 0.5) is 0 Å². The van der Waals surface area contributed by atoms with Gasteiger partial charge in [-0.3, -0.25) is 4.90 Å². The normalized spacial score (nSPS) is 10.8. The summed E-state index contributed by atoms with van der Waals surface area (Å²) in [6.07, 6.45) is 0. The van der Waals surface area contributed by atoms with Crippen LogP contribution >= 0.6 is 0 Å². The quantitative estimate of drug-likeness (QED) is 0.840. The summed E-state index contributed by atoms with van der Waals surface area (Å²) in [7, 11) is 2.08. The Kier molecular flexibility index (Phi) is 5.59. The largest absolute Gasteiger partial charge is 0.492 e. The van der Waals surface area contributed by atoms with Crippen LogP contribution in [0.15, 0.2) is 54.6 Å². The molecule has 0 heterocycles. The summed E-state index contributed by atoms with van der Waals surface area (Å²) in [5.41, 5.74) is 2.19. The topological polar surface area (TPSA) is 32.7 Å². The molecule has 0 fully saturated rings. The van der Waals surface area contributed by atoms with Gasteiger partial charge < -0.3 is 9.84 Å². The van der Waals surface area contributed by atoms with Crippen molar-refractivity contribution in [2.45, 2.75) is 13.2 Å². The molecule has 0 aliphatic heterocycles. The third-order valence-corrected chi connectivity index (χ3v) is 3.14. The predicted octanol–water partition coefficient (Wildman–Crippen LogP) is 2.69. The van der Waals surface area contributed by atoms with E-state index in [0.29, 0.717) is 6.61 Å². The molecule has 0 saturated carbocycles. The molecule has 3 heteroatoms. The summed E-state index contributed by atoms with van der Waals surface area (Å²) in [5, 5.41) is 9.01. The SMILES string of the molecule is CN(CCOc1ccccc1)Cc1ccc(CO)cc1. The van der Waals surface area contributed by atoms with Gasteiger partial charge in [0, 0.05) is 13.1 Å². The minimum Gasteiger partial charge on any atom is -0.492 e. The Labute approximate surface area is 120 Å². The van der Waals surface area contributed by atoms with Gasteiger partial charge in [0.25, 0.3) is 0 Å². The molecule has 0 aromatic heterocycles. The lowest BCUT2D eigenvalue weighted by Crippen LogP contribution is -2.23. The van der Waals surface area contributed by atoms with E-state index in [4.69, 9.17) is 9.84 Å². The van der Waals surface area contributed by atoms with Crippen LogP contribution in [0.25, 0.3) is 0 Å². The lowest BCUT2D eigenvalue weighted by Gasteiger charge is -2.17. The highest BCUT2D eigenvalue weighted by atomic mass is 16.5. The van der Waals surface area contributed by atoms with Crippen molar-refractivity contribution in [1.82, 2.24) is 4.90 Å². The summed E-state index contributed by atoms with van der Waals surface area (Å²) in [6, 6.07) is 17.9. The Morgan fingerprint density at radius 2 is 1.60 bits per heavy atom. The maximum atomic E-state index is 9.01. The zero-order valence-electron chi connectivity index (χ0n) is 11.8. The number of nitrogens with zero attached hydrogens (tertiary/aromatic N) is 1. The molecule has 0 saturated heterocycles. The van der Waals surface area contributed by atoms with Gasteiger partial charge in [0.2, 0.25) is 0 Å². The Morgan fingerprint density at radius 3 is 2.25 bits per heavy atom. The molecule has 0 atom stereocenters. The van der Waals surface area contributed by atoms with Crippen LogP contribution in [0.2, 0.25) is 0 Å². The average molecular weight is 271 g/mol. The Balaban J connectivity index is 1.73. The van der Waals surface area contributed by atoms with Gasteiger partial charge in [-0.15, -0.1) is 0 Å². The molecule has 106 valence electrons. The highest BCUT2D eigenvalue weighted by Gasteiger charge is 2.01. The number of para-hydroxylation sites is 1. The summed E-state index contributed by atoms with van der Waals surface area (Å²) < 4.78 is 5.68. The fourth-order valence-corrected chi connectivity index (χ4v) is 1.98.